The first-order valence-electron chi connectivity index (χ1n) is 7.52. The summed E-state index contributed by atoms with van der Waals surface area (Å²) in [6, 6.07) is 8.18. The van der Waals surface area contributed by atoms with Gasteiger partial charge in [0.15, 0.2) is 0 Å². The summed E-state index contributed by atoms with van der Waals surface area (Å²) in [6.07, 6.45) is 1.02. The molecule has 0 spiro atoms. The number of nitrogens with zero attached hydrogens (tertiary/aromatic N) is 1. The Kier molecular flexibility index (Phi) is 5.37. The normalized spacial score (nSPS) is 12.7. The Bertz CT molecular complexity index is 547. The molecule has 0 saturated heterocycles. The molecule has 0 amide bonds. The summed E-state index contributed by atoms with van der Waals surface area (Å²) in [4.78, 5) is 5.98. The SMILES string of the molecule is CCCOc1ccc(-c2nc(C(C)C)c(C(C)N)s2)cc1. The number of hydrogen-bond donors (Lipinski definition) is 1. The van der Waals surface area contributed by atoms with E-state index in [1.165, 1.54) is 4.88 Å². The molecule has 1 unspecified atom stereocenters. The summed E-state index contributed by atoms with van der Waals surface area (Å²) >= 11 is 1.70. The molecule has 1 heterocycles. The van der Waals surface area contributed by atoms with E-state index in [4.69, 9.17) is 15.5 Å². The van der Waals surface area contributed by atoms with Crippen molar-refractivity contribution in [1.29, 1.82) is 0 Å². The Morgan fingerprint density at radius 1 is 1.19 bits per heavy atom. The van der Waals surface area contributed by atoms with Gasteiger partial charge < -0.3 is 10.5 Å². The van der Waals surface area contributed by atoms with Crippen molar-refractivity contribution in [3.05, 3.63) is 34.8 Å². The Morgan fingerprint density at radius 3 is 2.33 bits per heavy atom. The first kappa shape index (κ1) is 16.0. The van der Waals surface area contributed by atoms with E-state index in [1.54, 1.807) is 11.3 Å². The van der Waals surface area contributed by atoms with Crippen LogP contribution in [0.4, 0.5) is 0 Å². The van der Waals surface area contributed by atoms with E-state index >= 15 is 0 Å². The smallest absolute Gasteiger partial charge is 0.123 e. The molecule has 4 heteroatoms. The third-order valence-electron chi connectivity index (χ3n) is 3.22. The molecule has 1 atom stereocenters. The second kappa shape index (κ2) is 7.05. The number of aromatic nitrogens is 1. The van der Waals surface area contributed by atoms with E-state index in [0.717, 1.165) is 35.0 Å². The van der Waals surface area contributed by atoms with Crippen molar-refractivity contribution in [3.63, 3.8) is 0 Å². The van der Waals surface area contributed by atoms with Gasteiger partial charge in [-0.1, -0.05) is 20.8 Å². The molecule has 0 radical (unpaired) electrons. The molecule has 0 bridgehead atoms. The highest BCUT2D eigenvalue weighted by molar-refractivity contribution is 7.15. The van der Waals surface area contributed by atoms with Crippen LogP contribution in [-0.4, -0.2) is 11.6 Å². The minimum absolute atomic E-state index is 0.0285. The first-order chi connectivity index (χ1) is 10.0. The summed E-state index contributed by atoms with van der Waals surface area (Å²) in [5, 5.41) is 1.04. The minimum Gasteiger partial charge on any atom is -0.494 e. The van der Waals surface area contributed by atoms with Gasteiger partial charge in [-0.05, 0) is 43.5 Å². The van der Waals surface area contributed by atoms with Crippen LogP contribution in [0.15, 0.2) is 24.3 Å². The molecule has 0 fully saturated rings. The van der Waals surface area contributed by atoms with Crippen molar-refractivity contribution in [1.82, 2.24) is 4.98 Å². The van der Waals surface area contributed by atoms with Gasteiger partial charge in [-0.3, -0.25) is 0 Å². The van der Waals surface area contributed by atoms with Crippen LogP contribution in [0.3, 0.4) is 0 Å². The summed E-state index contributed by atoms with van der Waals surface area (Å²) in [6.45, 7) is 9.19. The van der Waals surface area contributed by atoms with Crippen molar-refractivity contribution >= 4 is 11.3 Å². The van der Waals surface area contributed by atoms with E-state index in [1.807, 2.05) is 19.1 Å². The number of thiazole rings is 1. The highest BCUT2D eigenvalue weighted by Crippen LogP contribution is 2.35. The molecule has 0 aliphatic heterocycles. The second-order valence-electron chi connectivity index (χ2n) is 5.58. The summed E-state index contributed by atoms with van der Waals surface area (Å²) in [7, 11) is 0. The van der Waals surface area contributed by atoms with E-state index < -0.39 is 0 Å². The average molecular weight is 304 g/mol. The maximum atomic E-state index is 6.07. The lowest BCUT2D eigenvalue weighted by Crippen LogP contribution is -2.06. The molecule has 0 saturated carbocycles. The van der Waals surface area contributed by atoms with Crippen molar-refractivity contribution < 1.29 is 4.74 Å². The van der Waals surface area contributed by atoms with Gasteiger partial charge in [0.25, 0.3) is 0 Å². The third-order valence-corrected chi connectivity index (χ3v) is 4.54. The second-order valence-corrected chi connectivity index (χ2v) is 6.62. The lowest BCUT2D eigenvalue weighted by Gasteiger charge is -2.07. The zero-order chi connectivity index (χ0) is 15.4. The van der Waals surface area contributed by atoms with E-state index in [2.05, 4.69) is 32.9 Å². The zero-order valence-electron chi connectivity index (χ0n) is 13.2. The van der Waals surface area contributed by atoms with Crippen molar-refractivity contribution in [3.8, 4) is 16.3 Å². The van der Waals surface area contributed by atoms with Crippen LogP contribution >= 0.6 is 11.3 Å². The number of nitrogens with two attached hydrogens (primary N) is 1. The highest BCUT2D eigenvalue weighted by Gasteiger charge is 2.17. The van der Waals surface area contributed by atoms with E-state index in [-0.39, 0.29) is 6.04 Å². The molecule has 1 aromatic carbocycles. The number of hydrogen-bond acceptors (Lipinski definition) is 4. The Labute approximate surface area is 131 Å². The van der Waals surface area contributed by atoms with Crippen molar-refractivity contribution in [2.75, 3.05) is 6.61 Å². The van der Waals surface area contributed by atoms with Crippen molar-refractivity contribution in [2.24, 2.45) is 5.73 Å². The highest BCUT2D eigenvalue weighted by atomic mass is 32.1. The third kappa shape index (κ3) is 3.83. The number of ether oxygens (including phenoxy) is 1. The van der Waals surface area contributed by atoms with Gasteiger partial charge in [-0.25, -0.2) is 4.98 Å². The molecule has 3 nitrogen and oxygen atoms in total. The molecule has 2 rings (SSSR count). The topological polar surface area (TPSA) is 48.1 Å². The van der Waals surface area contributed by atoms with Crippen LogP contribution in [0.5, 0.6) is 5.75 Å². The Balaban J connectivity index is 2.27. The van der Waals surface area contributed by atoms with Gasteiger partial charge in [-0.2, -0.15) is 0 Å². The van der Waals surface area contributed by atoms with E-state index in [0.29, 0.717) is 5.92 Å². The first-order valence-corrected chi connectivity index (χ1v) is 8.34. The maximum absolute atomic E-state index is 6.07. The maximum Gasteiger partial charge on any atom is 0.123 e. The number of benzene rings is 1. The van der Waals surface area contributed by atoms with Gasteiger partial charge in [-0.15, -0.1) is 11.3 Å². The predicted molar refractivity (Wildman–Crippen MR) is 90.0 cm³/mol. The molecule has 1 aromatic heterocycles. The minimum atomic E-state index is 0.0285. The lowest BCUT2D eigenvalue weighted by atomic mass is 10.1. The lowest BCUT2D eigenvalue weighted by molar-refractivity contribution is 0.317. The van der Waals surface area contributed by atoms with Crippen molar-refractivity contribution in [2.45, 2.75) is 46.1 Å². The van der Waals surface area contributed by atoms with Gasteiger partial charge in [0, 0.05) is 16.5 Å². The largest absolute Gasteiger partial charge is 0.494 e. The fourth-order valence-corrected chi connectivity index (χ4v) is 3.30. The van der Waals surface area contributed by atoms with Crippen LogP contribution in [0.1, 0.15) is 56.6 Å². The van der Waals surface area contributed by atoms with Crippen LogP contribution in [0, 0.1) is 0 Å². The average Bonchev–Trinajstić information content (AvgIpc) is 2.91. The summed E-state index contributed by atoms with van der Waals surface area (Å²) in [5.41, 5.74) is 8.32. The summed E-state index contributed by atoms with van der Waals surface area (Å²) in [5.74, 6) is 1.30. The molecule has 2 aromatic rings. The fourth-order valence-electron chi connectivity index (χ4n) is 2.12. The number of rotatable bonds is 6. The molecular weight excluding hydrogens is 280 g/mol. The molecule has 21 heavy (non-hydrogen) atoms. The molecule has 114 valence electrons. The predicted octanol–water partition coefficient (Wildman–Crippen LogP) is 4.74. The van der Waals surface area contributed by atoms with E-state index in [9.17, 15) is 0 Å². The van der Waals surface area contributed by atoms with Crippen LogP contribution in [0.2, 0.25) is 0 Å². The standard InChI is InChI=1S/C17H24N2OS/c1-5-10-20-14-8-6-13(7-9-14)17-19-15(11(2)3)16(21-17)12(4)18/h6-9,11-12H,5,10,18H2,1-4H3. The zero-order valence-corrected chi connectivity index (χ0v) is 14.0. The van der Waals surface area contributed by atoms with Gasteiger partial charge in [0.1, 0.15) is 10.8 Å². The van der Waals surface area contributed by atoms with Gasteiger partial charge in [0.2, 0.25) is 0 Å². The Morgan fingerprint density at radius 2 is 1.86 bits per heavy atom. The van der Waals surface area contributed by atoms with Gasteiger partial charge in [0.05, 0.1) is 12.3 Å². The molecule has 0 aliphatic rings. The molecule has 2 N–H and O–H groups in total. The summed E-state index contributed by atoms with van der Waals surface area (Å²) < 4.78 is 5.61. The quantitative estimate of drug-likeness (QED) is 0.838. The fraction of sp³-hybridized carbons (Fsp3) is 0.471. The molecule has 0 aliphatic carbocycles. The van der Waals surface area contributed by atoms with Crippen LogP contribution in [0.25, 0.3) is 10.6 Å². The van der Waals surface area contributed by atoms with Gasteiger partial charge >= 0.3 is 0 Å². The Hall–Kier alpha value is -1.39. The van der Waals surface area contributed by atoms with Crippen LogP contribution < -0.4 is 10.5 Å². The van der Waals surface area contributed by atoms with Crippen LogP contribution in [-0.2, 0) is 0 Å². The molecular formula is C17H24N2OS. The monoisotopic (exact) mass is 304 g/mol.